The molecule has 0 atom stereocenters. The first-order chi connectivity index (χ1) is 12.4. The number of carbonyl (C=O) groups is 2. The Morgan fingerprint density at radius 3 is 2.50 bits per heavy atom. The van der Waals surface area contributed by atoms with Crippen molar-refractivity contribution in [2.24, 2.45) is 0 Å². The Hall–Kier alpha value is -2.73. The van der Waals surface area contributed by atoms with Crippen molar-refractivity contribution in [2.45, 2.75) is 13.8 Å². The fraction of sp³-hybridized carbons (Fsp3) is 0.263. The Balaban J connectivity index is 1.80. The second kappa shape index (κ2) is 9.10. The minimum Gasteiger partial charge on any atom is -0.495 e. The number of rotatable bonds is 7. The molecule has 138 valence electrons. The highest BCUT2D eigenvalue weighted by Gasteiger charge is 2.09. The van der Waals surface area contributed by atoms with Crippen LogP contribution in [0.3, 0.4) is 0 Å². The van der Waals surface area contributed by atoms with Crippen LogP contribution >= 0.6 is 11.6 Å². The zero-order valence-corrected chi connectivity index (χ0v) is 15.7. The average molecular weight is 376 g/mol. The van der Waals surface area contributed by atoms with Crippen molar-refractivity contribution in [3.05, 3.63) is 52.5 Å². The second-order valence-corrected chi connectivity index (χ2v) is 6.25. The molecule has 0 aromatic heterocycles. The molecule has 2 rings (SSSR count). The van der Waals surface area contributed by atoms with Gasteiger partial charge < -0.3 is 20.7 Å². The first-order valence-corrected chi connectivity index (χ1v) is 8.48. The third-order valence-corrected chi connectivity index (χ3v) is 4.11. The molecule has 0 fully saturated rings. The van der Waals surface area contributed by atoms with Crippen LogP contribution in [0.2, 0.25) is 5.02 Å². The van der Waals surface area contributed by atoms with E-state index >= 15 is 0 Å². The van der Waals surface area contributed by atoms with Gasteiger partial charge in [-0.3, -0.25) is 9.59 Å². The number of hydrogen-bond donors (Lipinski definition) is 3. The van der Waals surface area contributed by atoms with Gasteiger partial charge in [-0.05, 0) is 49.2 Å². The zero-order chi connectivity index (χ0) is 19.1. The molecule has 0 unspecified atom stereocenters. The molecule has 6 nitrogen and oxygen atoms in total. The fourth-order valence-electron chi connectivity index (χ4n) is 2.24. The summed E-state index contributed by atoms with van der Waals surface area (Å²) in [6.45, 7) is 3.73. The summed E-state index contributed by atoms with van der Waals surface area (Å²) in [5, 5.41) is 8.88. The SMILES string of the molecule is COc1ccc(C)cc1NC(=O)CNC(=O)CNc1ccc(C)c(Cl)c1. The predicted molar refractivity (Wildman–Crippen MR) is 104 cm³/mol. The molecule has 3 N–H and O–H groups in total. The number of benzene rings is 2. The van der Waals surface area contributed by atoms with Gasteiger partial charge in [0.05, 0.1) is 25.9 Å². The second-order valence-electron chi connectivity index (χ2n) is 5.85. The van der Waals surface area contributed by atoms with Gasteiger partial charge in [0.25, 0.3) is 0 Å². The molecule has 0 aliphatic rings. The molecule has 0 spiro atoms. The van der Waals surface area contributed by atoms with Crippen molar-refractivity contribution in [1.82, 2.24) is 5.32 Å². The number of anilines is 2. The smallest absolute Gasteiger partial charge is 0.243 e. The van der Waals surface area contributed by atoms with Crippen LogP contribution in [0.4, 0.5) is 11.4 Å². The van der Waals surface area contributed by atoms with E-state index in [4.69, 9.17) is 16.3 Å². The van der Waals surface area contributed by atoms with Crippen LogP contribution in [0.5, 0.6) is 5.75 Å². The molecular weight excluding hydrogens is 354 g/mol. The summed E-state index contributed by atoms with van der Waals surface area (Å²) in [5.41, 5.74) is 3.26. The lowest BCUT2D eigenvalue weighted by Crippen LogP contribution is -2.36. The van der Waals surface area contributed by atoms with Gasteiger partial charge in [0.1, 0.15) is 5.75 Å². The maximum absolute atomic E-state index is 12.0. The van der Waals surface area contributed by atoms with Crippen LogP contribution in [-0.4, -0.2) is 32.0 Å². The van der Waals surface area contributed by atoms with E-state index in [1.807, 2.05) is 32.0 Å². The van der Waals surface area contributed by atoms with Gasteiger partial charge in [-0.25, -0.2) is 0 Å². The summed E-state index contributed by atoms with van der Waals surface area (Å²) in [4.78, 5) is 23.9. The van der Waals surface area contributed by atoms with Gasteiger partial charge in [0.2, 0.25) is 11.8 Å². The summed E-state index contributed by atoms with van der Waals surface area (Å²) in [5.74, 6) is -0.0677. The van der Waals surface area contributed by atoms with E-state index < -0.39 is 0 Å². The molecule has 2 amide bonds. The monoisotopic (exact) mass is 375 g/mol. The van der Waals surface area contributed by atoms with Crippen molar-refractivity contribution >= 4 is 34.8 Å². The first-order valence-electron chi connectivity index (χ1n) is 8.10. The van der Waals surface area contributed by atoms with E-state index in [1.54, 1.807) is 18.2 Å². The van der Waals surface area contributed by atoms with E-state index in [-0.39, 0.29) is 24.9 Å². The number of aryl methyl sites for hydroxylation is 2. The predicted octanol–water partition coefficient (Wildman–Crippen LogP) is 3.13. The number of hydrogen-bond acceptors (Lipinski definition) is 4. The van der Waals surface area contributed by atoms with E-state index in [2.05, 4.69) is 16.0 Å². The van der Waals surface area contributed by atoms with Crippen LogP contribution < -0.4 is 20.7 Å². The van der Waals surface area contributed by atoms with Crippen LogP contribution in [0.1, 0.15) is 11.1 Å². The molecule has 0 aliphatic carbocycles. The lowest BCUT2D eigenvalue weighted by Gasteiger charge is -2.12. The van der Waals surface area contributed by atoms with Crippen molar-refractivity contribution in [3.63, 3.8) is 0 Å². The van der Waals surface area contributed by atoms with Gasteiger partial charge in [-0.15, -0.1) is 0 Å². The Morgan fingerprint density at radius 1 is 1.04 bits per heavy atom. The molecule has 0 bridgehead atoms. The van der Waals surface area contributed by atoms with Gasteiger partial charge in [0, 0.05) is 10.7 Å². The summed E-state index contributed by atoms with van der Waals surface area (Å²) in [7, 11) is 1.53. The van der Waals surface area contributed by atoms with Crippen molar-refractivity contribution in [3.8, 4) is 5.75 Å². The van der Waals surface area contributed by atoms with Gasteiger partial charge in [-0.2, -0.15) is 0 Å². The van der Waals surface area contributed by atoms with E-state index in [0.717, 1.165) is 16.8 Å². The van der Waals surface area contributed by atoms with Crippen LogP contribution in [0, 0.1) is 13.8 Å². The number of halogens is 1. The first kappa shape index (κ1) is 19.6. The summed E-state index contributed by atoms with van der Waals surface area (Å²) in [6, 6.07) is 10.9. The van der Waals surface area contributed by atoms with E-state index in [0.29, 0.717) is 16.5 Å². The molecule has 2 aromatic carbocycles. The van der Waals surface area contributed by atoms with E-state index in [9.17, 15) is 9.59 Å². The van der Waals surface area contributed by atoms with Crippen LogP contribution in [0.15, 0.2) is 36.4 Å². The van der Waals surface area contributed by atoms with Crippen molar-refractivity contribution < 1.29 is 14.3 Å². The highest BCUT2D eigenvalue weighted by atomic mass is 35.5. The molecule has 0 saturated carbocycles. The molecule has 0 aliphatic heterocycles. The molecule has 0 heterocycles. The molecule has 2 aromatic rings. The molecule has 0 saturated heterocycles. The number of nitrogens with one attached hydrogen (secondary N) is 3. The largest absolute Gasteiger partial charge is 0.495 e. The molecule has 7 heteroatoms. The quantitative estimate of drug-likeness (QED) is 0.694. The maximum atomic E-state index is 12.0. The van der Waals surface area contributed by atoms with E-state index in [1.165, 1.54) is 7.11 Å². The van der Waals surface area contributed by atoms with Crippen molar-refractivity contribution in [2.75, 3.05) is 30.8 Å². The van der Waals surface area contributed by atoms with Gasteiger partial charge >= 0.3 is 0 Å². The maximum Gasteiger partial charge on any atom is 0.243 e. The zero-order valence-electron chi connectivity index (χ0n) is 15.0. The third-order valence-electron chi connectivity index (χ3n) is 3.70. The Morgan fingerprint density at radius 2 is 1.81 bits per heavy atom. The molecule has 26 heavy (non-hydrogen) atoms. The highest BCUT2D eigenvalue weighted by molar-refractivity contribution is 6.31. The minimum atomic E-state index is -0.333. The average Bonchev–Trinajstić information content (AvgIpc) is 2.61. The van der Waals surface area contributed by atoms with Gasteiger partial charge in [-0.1, -0.05) is 23.7 Å². The Bertz CT molecular complexity index is 809. The Kier molecular flexibility index (Phi) is 6.86. The summed E-state index contributed by atoms with van der Waals surface area (Å²) < 4.78 is 5.21. The summed E-state index contributed by atoms with van der Waals surface area (Å²) in [6.07, 6.45) is 0. The molecule has 0 radical (unpaired) electrons. The number of amides is 2. The van der Waals surface area contributed by atoms with Crippen LogP contribution in [-0.2, 0) is 9.59 Å². The summed E-state index contributed by atoms with van der Waals surface area (Å²) >= 11 is 6.04. The van der Waals surface area contributed by atoms with Crippen molar-refractivity contribution in [1.29, 1.82) is 0 Å². The fourth-order valence-corrected chi connectivity index (χ4v) is 2.42. The number of carbonyl (C=O) groups excluding carboxylic acids is 2. The normalized spacial score (nSPS) is 10.2. The van der Waals surface area contributed by atoms with Crippen LogP contribution in [0.25, 0.3) is 0 Å². The lowest BCUT2D eigenvalue weighted by atomic mass is 10.2. The third kappa shape index (κ3) is 5.67. The topological polar surface area (TPSA) is 79.5 Å². The highest BCUT2D eigenvalue weighted by Crippen LogP contribution is 2.25. The molecular formula is C19H22ClN3O3. The van der Waals surface area contributed by atoms with Gasteiger partial charge in [0.15, 0.2) is 0 Å². The lowest BCUT2D eigenvalue weighted by molar-refractivity contribution is -0.122. The number of ether oxygens (including phenoxy) is 1. The Labute approximate surface area is 157 Å². The standard InChI is InChI=1S/C19H22ClN3O3/c1-12-4-7-17(26-3)16(8-12)23-19(25)11-22-18(24)10-21-14-6-5-13(2)15(20)9-14/h4-9,21H,10-11H2,1-3H3,(H,22,24)(H,23,25). The minimum absolute atomic E-state index is 0.0421. The number of methoxy groups -OCH3 is 1.